The van der Waals surface area contributed by atoms with E-state index in [4.69, 9.17) is 4.74 Å². The van der Waals surface area contributed by atoms with Crippen molar-refractivity contribution in [3.8, 4) is 0 Å². The molecule has 7 heteroatoms. The second kappa shape index (κ2) is 5.65. The lowest BCUT2D eigenvalue weighted by Gasteiger charge is -2.52. The molecule has 1 aromatic rings. The maximum atomic E-state index is 11.1. The molecule has 1 aromatic heterocycles. The summed E-state index contributed by atoms with van der Waals surface area (Å²) in [6, 6.07) is 0.136. The Morgan fingerprint density at radius 1 is 1.60 bits per heavy atom. The molecule has 0 amide bonds. The largest absolute Gasteiger partial charge is 0.378 e. The highest BCUT2D eigenvalue weighted by molar-refractivity contribution is 9.10. The fourth-order valence-electron chi connectivity index (χ4n) is 2.49. The highest BCUT2D eigenvalue weighted by atomic mass is 79.9. The van der Waals surface area contributed by atoms with Crippen LogP contribution < -0.4 is 5.32 Å². The van der Waals surface area contributed by atoms with Gasteiger partial charge in [0.15, 0.2) is 0 Å². The molecular formula is C13H18BrN3O3. The minimum Gasteiger partial charge on any atom is -0.378 e. The highest BCUT2D eigenvalue weighted by Crippen LogP contribution is 2.46. The number of halogens is 1. The van der Waals surface area contributed by atoms with Crippen LogP contribution in [0.1, 0.15) is 27.2 Å². The number of ether oxygens (including phenoxy) is 1. The van der Waals surface area contributed by atoms with Gasteiger partial charge in [0.1, 0.15) is 11.9 Å². The minimum absolute atomic E-state index is 0.0185. The Labute approximate surface area is 126 Å². The Balaban J connectivity index is 2.18. The maximum Gasteiger partial charge on any atom is 0.311 e. The van der Waals surface area contributed by atoms with Gasteiger partial charge in [-0.2, -0.15) is 0 Å². The van der Waals surface area contributed by atoms with Crippen LogP contribution in [0.4, 0.5) is 11.4 Å². The van der Waals surface area contributed by atoms with E-state index in [1.165, 1.54) is 6.20 Å². The summed E-state index contributed by atoms with van der Waals surface area (Å²) in [4.78, 5) is 14.5. The quantitative estimate of drug-likeness (QED) is 0.655. The second-order valence-electron chi connectivity index (χ2n) is 5.47. The van der Waals surface area contributed by atoms with Crippen LogP contribution in [-0.2, 0) is 4.74 Å². The van der Waals surface area contributed by atoms with Gasteiger partial charge in [0.25, 0.3) is 0 Å². The van der Waals surface area contributed by atoms with E-state index < -0.39 is 4.92 Å². The van der Waals surface area contributed by atoms with Crippen molar-refractivity contribution in [2.45, 2.75) is 39.3 Å². The molecule has 0 radical (unpaired) electrons. The summed E-state index contributed by atoms with van der Waals surface area (Å²) in [5.74, 6) is 0. The molecule has 0 bridgehead atoms. The van der Waals surface area contributed by atoms with E-state index in [-0.39, 0.29) is 23.2 Å². The van der Waals surface area contributed by atoms with E-state index in [0.29, 0.717) is 16.8 Å². The third-order valence-electron chi connectivity index (χ3n) is 3.94. The second-order valence-corrected chi connectivity index (χ2v) is 6.32. The van der Waals surface area contributed by atoms with Crippen molar-refractivity contribution in [3.05, 3.63) is 27.0 Å². The van der Waals surface area contributed by atoms with Crippen LogP contribution in [-0.4, -0.2) is 28.7 Å². The zero-order valence-electron chi connectivity index (χ0n) is 11.7. The Morgan fingerprint density at radius 3 is 2.85 bits per heavy atom. The van der Waals surface area contributed by atoms with Gasteiger partial charge in [0.05, 0.1) is 15.5 Å². The van der Waals surface area contributed by atoms with Crippen LogP contribution in [0.25, 0.3) is 0 Å². The summed E-state index contributed by atoms with van der Waals surface area (Å²) in [6.07, 6.45) is 3.84. The SMILES string of the molecule is CCOC1CC(Nc2c(Br)cncc2[N+](=O)[O-])C1(C)C. The van der Waals surface area contributed by atoms with Gasteiger partial charge in [0.2, 0.25) is 0 Å². The smallest absolute Gasteiger partial charge is 0.311 e. The molecule has 0 aliphatic heterocycles. The Kier molecular flexibility index (Phi) is 4.29. The first kappa shape index (κ1) is 15.2. The molecule has 0 spiro atoms. The van der Waals surface area contributed by atoms with Gasteiger partial charge < -0.3 is 10.1 Å². The number of hydrogen-bond donors (Lipinski definition) is 1. The molecule has 1 fully saturated rings. The third-order valence-corrected chi connectivity index (χ3v) is 4.54. The van der Waals surface area contributed by atoms with Crippen molar-refractivity contribution in [2.75, 3.05) is 11.9 Å². The topological polar surface area (TPSA) is 77.3 Å². The fourth-order valence-corrected chi connectivity index (χ4v) is 2.93. The summed E-state index contributed by atoms with van der Waals surface area (Å²) >= 11 is 3.32. The Morgan fingerprint density at radius 2 is 2.30 bits per heavy atom. The predicted octanol–water partition coefficient (Wildman–Crippen LogP) is 3.37. The highest BCUT2D eigenvalue weighted by Gasteiger charge is 2.49. The molecule has 0 aromatic carbocycles. The van der Waals surface area contributed by atoms with E-state index in [2.05, 4.69) is 40.1 Å². The molecule has 2 atom stereocenters. The molecule has 1 aliphatic rings. The lowest BCUT2D eigenvalue weighted by molar-refractivity contribution is -0.384. The molecule has 2 unspecified atom stereocenters. The molecule has 1 saturated carbocycles. The van der Waals surface area contributed by atoms with Gasteiger partial charge in [-0.05, 0) is 29.3 Å². The monoisotopic (exact) mass is 343 g/mol. The molecule has 1 N–H and O–H groups in total. The van der Waals surface area contributed by atoms with Crippen molar-refractivity contribution in [2.24, 2.45) is 5.41 Å². The number of hydrogen-bond acceptors (Lipinski definition) is 5. The average Bonchev–Trinajstić information content (AvgIpc) is 2.39. The van der Waals surface area contributed by atoms with E-state index in [1.807, 2.05) is 6.92 Å². The van der Waals surface area contributed by atoms with Gasteiger partial charge in [-0.1, -0.05) is 13.8 Å². The van der Waals surface area contributed by atoms with Gasteiger partial charge in [0, 0.05) is 24.3 Å². The number of nitro groups is 1. The van der Waals surface area contributed by atoms with Crippen molar-refractivity contribution < 1.29 is 9.66 Å². The van der Waals surface area contributed by atoms with Crippen LogP contribution in [0, 0.1) is 15.5 Å². The number of anilines is 1. The lowest BCUT2D eigenvalue weighted by atomic mass is 9.64. The van der Waals surface area contributed by atoms with Gasteiger partial charge in [-0.3, -0.25) is 15.1 Å². The Hall–Kier alpha value is -1.21. The molecule has 110 valence electrons. The number of nitrogens with zero attached hydrogens (tertiary/aromatic N) is 2. The first-order chi connectivity index (χ1) is 9.37. The average molecular weight is 344 g/mol. The van der Waals surface area contributed by atoms with E-state index >= 15 is 0 Å². The summed E-state index contributed by atoms with van der Waals surface area (Å²) < 4.78 is 6.27. The zero-order valence-corrected chi connectivity index (χ0v) is 13.3. The van der Waals surface area contributed by atoms with Gasteiger partial charge >= 0.3 is 5.69 Å². The van der Waals surface area contributed by atoms with Crippen LogP contribution in [0.3, 0.4) is 0 Å². The molecule has 0 saturated heterocycles. The first-order valence-electron chi connectivity index (χ1n) is 6.54. The summed E-state index contributed by atoms with van der Waals surface area (Å²) in [5, 5.41) is 14.3. The molecule has 20 heavy (non-hydrogen) atoms. The zero-order chi connectivity index (χ0) is 14.9. The van der Waals surface area contributed by atoms with Crippen LogP contribution >= 0.6 is 15.9 Å². The Bertz CT molecular complexity index is 522. The van der Waals surface area contributed by atoms with Gasteiger partial charge in [-0.15, -0.1) is 0 Å². The van der Waals surface area contributed by atoms with E-state index in [0.717, 1.165) is 6.42 Å². The molecule has 2 rings (SSSR count). The molecule has 1 aliphatic carbocycles. The van der Waals surface area contributed by atoms with Crippen LogP contribution in [0.15, 0.2) is 16.9 Å². The van der Waals surface area contributed by atoms with Crippen LogP contribution in [0.2, 0.25) is 0 Å². The number of aromatic nitrogens is 1. The maximum absolute atomic E-state index is 11.1. The van der Waals surface area contributed by atoms with Crippen molar-refractivity contribution >= 4 is 27.3 Å². The molecule has 6 nitrogen and oxygen atoms in total. The van der Waals surface area contributed by atoms with Crippen LogP contribution in [0.5, 0.6) is 0 Å². The van der Waals surface area contributed by atoms with E-state index in [1.54, 1.807) is 6.20 Å². The molecule has 1 heterocycles. The summed E-state index contributed by atoms with van der Waals surface area (Å²) in [7, 11) is 0. The predicted molar refractivity (Wildman–Crippen MR) is 79.8 cm³/mol. The van der Waals surface area contributed by atoms with Gasteiger partial charge in [-0.25, -0.2) is 0 Å². The third kappa shape index (κ3) is 2.64. The number of rotatable bonds is 5. The fraction of sp³-hybridized carbons (Fsp3) is 0.615. The lowest BCUT2D eigenvalue weighted by Crippen LogP contribution is -2.58. The molecular weight excluding hydrogens is 326 g/mol. The van der Waals surface area contributed by atoms with Crippen molar-refractivity contribution in [1.82, 2.24) is 4.98 Å². The number of pyridine rings is 1. The number of nitrogens with one attached hydrogen (secondary N) is 1. The minimum atomic E-state index is -0.425. The summed E-state index contributed by atoms with van der Waals surface area (Å²) in [6.45, 7) is 6.87. The van der Waals surface area contributed by atoms with Crippen molar-refractivity contribution in [1.29, 1.82) is 0 Å². The van der Waals surface area contributed by atoms with E-state index in [9.17, 15) is 10.1 Å². The standard InChI is InChI=1S/C13H18BrN3O3/c1-4-20-11-5-10(13(11,2)3)16-12-8(14)6-15-7-9(12)17(18)19/h6-7,10-11H,4-5H2,1-3H3,(H,15,16). The normalized spacial score (nSPS) is 24.0. The first-order valence-corrected chi connectivity index (χ1v) is 7.33. The summed E-state index contributed by atoms with van der Waals surface area (Å²) in [5.41, 5.74) is 0.403. The van der Waals surface area contributed by atoms with Crippen molar-refractivity contribution in [3.63, 3.8) is 0 Å².